The summed E-state index contributed by atoms with van der Waals surface area (Å²) < 4.78 is 10.1. The molecule has 0 bridgehead atoms. The highest BCUT2D eigenvalue weighted by atomic mass is 16.6. The van der Waals surface area contributed by atoms with Gasteiger partial charge in [-0.1, -0.05) is 25.1 Å². The number of nitrogens with one attached hydrogen (secondary N) is 1. The first kappa shape index (κ1) is 17.5. The highest BCUT2D eigenvalue weighted by Gasteiger charge is 2.15. The smallest absolute Gasteiger partial charge is 0.346 e. The van der Waals surface area contributed by atoms with Crippen LogP contribution in [-0.4, -0.2) is 25.1 Å². The lowest BCUT2D eigenvalue weighted by molar-refractivity contribution is -0.147. The lowest BCUT2D eigenvalue weighted by Gasteiger charge is -2.13. The van der Waals surface area contributed by atoms with Crippen LogP contribution in [0.25, 0.3) is 0 Å². The van der Waals surface area contributed by atoms with Crippen LogP contribution in [0.1, 0.15) is 29.8 Å². The molecule has 0 aliphatic rings. The molecule has 2 aromatic carbocycles. The number of aryl methyl sites for hydroxylation is 1. The third-order valence-corrected chi connectivity index (χ3v) is 3.61. The molecule has 0 aromatic heterocycles. The normalized spacial score (nSPS) is 11.5. The lowest BCUT2D eigenvalue weighted by Crippen LogP contribution is -2.24. The molecule has 126 valence electrons. The van der Waals surface area contributed by atoms with Crippen LogP contribution in [0.4, 0.5) is 5.69 Å². The van der Waals surface area contributed by atoms with Gasteiger partial charge in [-0.05, 0) is 49.2 Å². The van der Waals surface area contributed by atoms with Gasteiger partial charge >= 0.3 is 5.97 Å². The number of rotatable bonds is 6. The molecule has 0 fully saturated rings. The molecule has 0 heterocycles. The molecule has 5 nitrogen and oxygen atoms in total. The summed E-state index contributed by atoms with van der Waals surface area (Å²) in [6, 6.07) is 14.3. The van der Waals surface area contributed by atoms with Gasteiger partial charge in [-0.3, -0.25) is 4.79 Å². The van der Waals surface area contributed by atoms with Gasteiger partial charge in [0.25, 0.3) is 5.91 Å². The van der Waals surface area contributed by atoms with Gasteiger partial charge in [0.2, 0.25) is 0 Å². The largest absolute Gasteiger partial charge is 0.479 e. The van der Waals surface area contributed by atoms with Crippen LogP contribution < -0.4 is 10.1 Å². The molecule has 24 heavy (non-hydrogen) atoms. The molecule has 2 rings (SSSR count). The second kappa shape index (κ2) is 8.15. The average Bonchev–Trinajstić information content (AvgIpc) is 2.61. The molecule has 1 amide bonds. The van der Waals surface area contributed by atoms with E-state index in [4.69, 9.17) is 4.74 Å². The first-order valence-electron chi connectivity index (χ1n) is 7.79. The van der Waals surface area contributed by atoms with Crippen molar-refractivity contribution in [3.05, 3.63) is 59.7 Å². The summed E-state index contributed by atoms with van der Waals surface area (Å²) in [7, 11) is 1.31. The van der Waals surface area contributed by atoms with Gasteiger partial charge in [0, 0.05) is 11.3 Å². The van der Waals surface area contributed by atoms with E-state index in [1.807, 2.05) is 31.2 Å². The Morgan fingerprint density at radius 2 is 1.75 bits per heavy atom. The Morgan fingerprint density at radius 3 is 2.38 bits per heavy atom. The molecule has 5 heteroatoms. The van der Waals surface area contributed by atoms with Crippen molar-refractivity contribution in [1.29, 1.82) is 0 Å². The second-order valence-electron chi connectivity index (χ2n) is 5.27. The number of ether oxygens (including phenoxy) is 2. The van der Waals surface area contributed by atoms with Crippen LogP contribution in [0.5, 0.6) is 5.75 Å². The minimum Gasteiger partial charge on any atom is -0.479 e. The number of hydrogen-bond acceptors (Lipinski definition) is 4. The fraction of sp³-hybridized carbons (Fsp3) is 0.263. The summed E-state index contributed by atoms with van der Waals surface area (Å²) in [6.45, 7) is 3.65. The van der Waals surface area contributed by atoms with E-state index in [2.05, 4.69) is 10.1 Å². The Labute approximate surface area is 141 Å². The number of hydrogen-bond donors (Lipinski definition) is 1. The quantitative estimate of drug-likeness (QED) is 0.826. The van der Waals surface area contributed by atoms with Crippen LogP contribution in [-0.2, 0) is 16.0 Å². The fourth-order valence-corrected chi connectivity index (χ4v) is 2.25. The third-order valence-electron chi connectivity index (χ3n) is 3.61. The van der Waals surface area contributed by atoms with Crippen molar-refractivity contribution in [2.24, 2.45) is 0 Å². The predicted molar refractivity (Wildman–Crippen MR) is 92.3 cm³/mol. The van der Waals surface area contributed by atoms with Crippen molar-refractivity contribution in [3.63, 3.8) is 0 Å². The Kier molecular flexibility index (Phi) is 5.95. The zero-order valence-corrected chi connectivity index (χ0v) is 14.0. The molecule has 0 spiro atoms. The summed E-state index contributed by atoms with van der Waals surface area (Å²) >= 11 is 0. The lowest BCUT2D eigenvalue weighted by atomic mass is 10.1. The number of carbonyl (C=O) groups is 2. The van der Waals surface area contributed by atoms with Gasteiger partial charge < -0.3 is 14.8 Å². The van der Waals surface area contributed by atoms with Crippen LogP contribution in [0.3, 0.4) is 0 Å². The van der Waals surface area contributed by atoms with Crippen molar-refractivity contribution >= 4 is 17.6 Å². The van der Waals surface area contributed by atoms with Gasteiger partial charge in [-0.15, -0.1) is 0 Å². The van der Waals surface area contributed by atoms with Crippen LogP contribution in [0.2, 0.25) is 0 Å². The van der Waals surface area contributed by atoms with Crippen LogP contribution in [0, 0.1) is 0 Å². The maximum absolute atomic E-state index is 12.3. The number of anilines is 1. The zero-order chi connectivity index (χ0) is 17.5. The molecule has 1 unspecified atom stereocenters. The molecule has 2 aromatic rings. The topological polar surface area (TPSA) is 64.6 Å². The van der Waals surface area contributed by atoms with E-state index in [0.717, 1.165) is 17.7 Å². The highest BCUT2D eigenvalue weighted by molar-refractivity contribution is 6.04. The maximum Gasteiger partial charge on any atom is 0.346 e. The van der Waals surface area contributed by atoms with E-state index >= 15 is 0 Å². The molecule has 1 N–H and O–H groups in total. The van der Waals surface area contributed by atoms with Crippen molar-refractivity contribution in [2.75, 3.05) is 12.4 Å². The molecular formula is C19H21NO4. The average molecular weight is 327 g/mol. The summed E-state index contributed by atoms with van der Waals surface area (Å²) in [4.78, 5) is 23.7. The number of para-hydroxylation sites is 1. The van der Waals surface area contributed by atoms with E-state index in [9.17, 15) is 9.59 Å². The molecule has 0 saturated carbocycles. The van der Waals surface area contributed by atoms with Crippen molar-refractivity contribution in [1.82, 2.24) is 0 Å². The van der Waals surface area contributed by atoms with E-state index in [1.165, 1.54) is 7.11 Å². The Morgan fingerprint density at radius 1 is 1.08 bits per heavy atom. The predicted octanol–water partition coefficient (Wildman–Crippen LogP) is 3.44. The second-order valence-corrected chi connectivity index (χ2v) is 5.27. The standard InChI is InChI=1S/C19H21NO4/c1-4-14-7-5-6-8-17(14)20-18(21)15-9-11-16(12-10-15)24-13(2)19(22)23-3/h5-13H,4H2,1-3H3,(H,20,21). The SMILES string of the molecule is CCc1ccccc1NC(=O)c1ccc(OC(C)C(=O)OC)cc1. The number of esters is 1. The summed E-state index contributed by atoms with van der Waals surface area (Å²) in [5, 5.41) is 2.91. The minimum absolute atomic E-state index is 0.191. The summed E-state index contributed by atoms with van der Waals surface area (Å²) in [6.07, 6.45) is 0.139. The summed E-state index contributed by atoms with van der Waals surface area (Å²) in [5.74, 6) is -0.144. The minimum atomic E-state index is -0.703. The van der Waals surface area contributed by atoms with E-state index in [1.54, 1.807) is 31.2 Å². The first-order chi connectivity index (χ1) is 11.5. The molecule has 0 aliphatic heterocycles. The molecule has 0 aliphatic carbocycles. The molecule has 1 atom stereocenters. The summed E-state index contributed by atoms with van der Waals surface area (Å²) in [5.41, 5.74) is 2.40. The van der Waals surface area contributed by atoms with Gasteiger partial charge in [-0.25, -0.2) is 4.79 Å². The van der Waals surface area contributed by atoms with E-state index in [0.29, 0.717) is 11.3 Å². The van der Waals surface area contributed by atoms with E-state index in [-0.39, 0.29) is 5.91 Å². The first-order valence-corrected chi connectivity index (χ1v) is 7.79. The Balaban J connectivity index is 2.05. The van der Waals surface area contributed by atoms with Crippen LogP contribution in [0.15, 0.2) is 48.5 Å². The fourth-order valence-electron chi connectivity index (χ4n) is 2.25. The maximum atomic E-state index is 12.3. The molecule has 0 saturated heterocycles. The Bertz CT molecular complexity index is 710. The van der Waals surface area contributed by atoms with Crippen molar-refractivity contribution in [2.45, 2.75) is 26.4 Å². The number of methoxy groups -OCH3 is 1. The number of amides is 1. The number of carbonyl (C=O) groups excluding carboxylic acids is 2. The zero-order valence-electron chi connectivity index (χ0n) is 14.0. The van der Waals surface area contributed by atoms with Gasteiger partial charge in [0.15, 0.2) is 6.10 Å². The van der Waals surface area contributed by atoms with Gasteiger partial charge in [-0.2, -0.15) is 0 Å². The highest BCUT2D eigenvalue weighted by Crippen LogP contribution is 2.18. The van der Waals surface area contributed by atoms with Crippen molar-refractivity contribution in [3.8, 4) is 5.75 Å². The van der Waals surface area contributed by atoms with Gasteiger partial charge in [0.05, 0.1) is 7.11 Å². The van der Waals surface area contributed by atoms with E-state index < -0.39 is 12.1 Å². The van der Waals surface area contributed by atoms with Crippen molar-refractivity contribution < 1.29 is 19.1 Å². The monoisotopic (exact) mass is 327 g/mol. The molecule has 0 radical (unpaired) electrons. The Hall–Kier alpha value is -2.82. The number of benzene rings is 2. The molecular weight excluding hydrogens is 306 g/mol. The third kappa shape index (κ3) is 4.35. The van der Waals surface area contributed by atoms with Gasteiger partial charge in [0.1, 0.15) is 5.75 Å². The van der Waals surface area contributed by atoms with Crippen LogP contribution >= 0.6 is 0 Å².